The van der Waals surface area contributed by atoms with Crippen LogP contribution in [-0.4, -0.2) is 18.0 Å². The average molecular weight is 479 g/mol. The number of carbonyl (C=O) groups excluding carboxylic acids is 1. The fourth-order valence-corrected chi connectivity index (χ4v) is 4.79. The SMILES string of the molecule is COc1ccc(C2NC(C)=C(C(=O)Nc3cccc(-c4ccc[nH]4)c3)N2)cc1-c1c(C)cccc1C. The van der Waals surface area contributed by atoms with Crippen molar-refractivity contribution in [2.75, 3.05) is 12.4 Å². The molecule has 6 heteroatoms. The monoisotopic (exact) mass is 478 g/mol. The van der Waals surface area contributed by atoms with E-state index in [1.165, 1.54) is 16.7 Å². The molecule has 1 aliphatic heterocycles. The summed E-state index contributed by atoms with van der Waals surface area (Å²) in [7, 11) is 1.69. The van der Waals surface area contributed by atoms with Crippen LogP contribution in [0.5, 0.6) is 5.75 Å². The molecule has 1 atom stereocenters. The molecule has 5 rings (SSSR count). The van der Waals surface area contributed by atoms with Crippen molar-refractivity contribution in [1.29, 1.82) is 0 Å². The van der Waals surface area contributed by atoms with Crippen LogP contribution in [0, 0.1) is 13.8 Å². The van der Waals surface area contributed by atoms with Crippen LogP contribution in [0.15, 0.2) is 90.4 Å². The molecule has 1 aromatic heterocycles. The number of carbonyl (C=O) groups is 1. The van der Waals surface area contributed by atoms with Crippen LogP contribution in [0.1, 0.15) is 29.8 Å². The molecule has 6 nitrogen and oxygen atoms in total. The van der Waals surface area contributed by atoms with E-state index in [-0.39, 0.29) is 12.1 Å². The number of ether oxygens (including phenoxy) is 1. The van der Waals surface area contributed by atoms with Crippen molar-refractivity contribution in [2.45, 2.75) is 26.9 Å². The Morgan fingerprint density at radius 1 is 0.889 bits per heavy atom. The first-order chi connectivity index (χ1) is 17.4. The third kappa shape index (κ3) is 4.45. The topological polar surface area (TPSA) is 78.2 Å². The zero-order chi connectivity index (χ0) is 25.2. The molecule has 36 heavy (non-hydrogen) atoms. The van der Waals surface area contributed by atoms with Crippen LogP contribution in [-0.2, 0) is 4.79 Å². The fraction of sp³-hybridized carbons (Fsp3) is 0.167. The molecule has 4 N–H and O–H groups in total. The number of rotatable bonds is 6. The van der Waals surface area contributed by atoms with Gasteiger partial charge in [-0.2, -0.15) is 0 Å². The van der Waals surface area contributed by atoms with E-state index in [0.29, 0.717) is 5.70 Å². The number of methoxy groups -OCH3 is 1. The van der Waals surface area contributed by atoms with E-state index >= 15 is 0 Å². The molecule has 182 valence electrons. The maximum absolute atomic E-state index is 13.2. The lowest BCUT2D eigenvalue weighted by atomic mass is 9.93. The molecule has 0 bridgehead atoms. The standard InChI is InChI=1S/C30H30N4O2/c1-18-8-5-9-19(2)27(18)24-17-22(13-14-26(24)36-4)29-32-20(3)28(34-29)30(35)33-23-11-6-10-21(16-23)25-12-7-15-31-25/h5-17,29,31-32,34H,1-4H3,(H,33,35). The van der Waals surface area contributed by atoms with Crippen LogP contribution in [0.25, 0.3) is 22.4 Å². The Balaban J connectivity index is 1.37. The van der Waals surface area contributed by atoms with Crippen molar-refractivity contribution < 1.29 is 9.53 Å². The summed E-state index contributed by atoms with van der Waals surface area (Å²) < 4.78 is 5.69. The van der Waals surface area contributed by atoms with Crippen molar-refractivity contribution in [3.8, 4) is 28.1 Å². The molecule has 0 radical (unpaired) electrons. The quantitative estimate of drug-likeness (QED) is 0.273. The first kappa shape index (κ1) is 23.3. The number of allylic oxidation sites excluding steroid dienone is 1. The molecule has 1 aliphatic rings. The second kappa shape index (κ2) is 9.66. The minimum Gasteiger partial charge on any atom is -0.496 e. The van der Waals surface area contributed by atoms with E-state index in [2.05, 4.69) is 59.0 Å². The fourth-order valence-electron chi connectivity index (χ4n) is 4.79. The highest BCUT2D eigenvalue weighted by Gasteiger charge is 2.27. The van der Waals surface area contributed by atoms with Crippen molar-refractivity contribution in [1.82, 2.24) is 15.6 Å². The number of hydrogen-bond donors (Lipinski definition) is 4. The number of hydrogen-bond acceptors (Lipinski definition) is 4. The second-order valence-electron chi connectivity index (χ2n) is 9.07. The van der Waals surface area contributed by atoms with Gasteiger partial charge >= 0.3 is 0 Å². The normalized spacial score (nSPS) is 14.8. The third-order valence-corrected chi connectivity index (χ3v) is 6.59. The van der Waals surface area contributed by atoms with Crippen LogP contribution in [0.2, 0.25) is 0 Å². The molecule has 1 amide bonds. The van der Waals surface area contributed by atoms with E-state index in [4.69, 9.17) is 4.74 Å². The summed E-state index contributed by atoms with van der Waals surface area (Å²) in [6.45, 7) is 6.13. The van der Waals surface area contributed by atoms with Gasteiger partial charge in [-0.1, -0.05) is 36.4 Å². The van der Waals surface area contributed by atoms with Gasteiger partial charge in [0.15, 0.2) is 0 Å². The average Bonchev–Trinajstić information content (AvgIpc) is 3.54. The van der Waals surface area contributed by atoms with Gasteiger partial charge in [-0.3, -0.25) is 4.79 Å². The molecule has 0 aliphatic carbocycles. The van der Waals surface area contributed by atoms with E-state index in [1.54, 1.807) is 7.11 Å². The zero-order valence-corrected chi connectivity index (χ0v) is 20.9. The molecule has 0 saturated heterocycles. The minimum atomic E-state index is -0.231. The van der Waals surface area contributed by atoms with Gasteiger partial charge in [-0.25, -0.2) is 0 Å². The lowest BCUT2D eigenvalue weighted by Crippen LogP contribution is -2.27. The van der Waals surface area contributed by atoms with Gasteiger partial charge in [0.25, 0.3) is 5.91 Å². The van der Waals surface area contributed by atoms with E-state index < -0.39 is 0 Å². The highest BCUT2D eigenvalue weighted by molar-refractivity contribution is 6.04. The summed E-state index contributed by atoms with van der Waals surface area (Å²) in [6, 6.07) is 24.2. The highest BCUT2D eigenvalue weighted by Crippen LogP contribution is 2.37. The zero-order valence-electron chi connectivity index (χ0n) is 20.9. The Labute approximate surface area is 211 Å². The first-order valence-corrected chi connectivity index (χ1v) is 12.0. The molecule has 0 saturated carbocycles. The lowest BCUT2D eigenvalue weighted by Gasteiger charge is -2.19. The molecule has 0 fully saturated rings. The van der Waals surface area contributed by atoms with Gasteiger partial charge in [0, 0.05) is 28.8 Å². The van der Waals surface area contributed by atoms with Gasteiger partial charge in [-0.15, -0.1) is 0 Å². The second-order valence-corrected chi connectivity index (χ2v) is 9.07. The summed E-state index contributed by atoms with van der Waals surface area (Å²) in [5.74, 6) is 0.633. The van der Waals surface area contributed by atoms with E-state index in [1.807, 2.05) is 61.7 Å². The van der Waals surface area contributed by atoms with Crippen molar-refractivity contribution in [2.24, 2.45) is 0 Å². The molecule has 1 unspecified atom stereocenters. The number of aromatic amines is 1. The van der Waals surface area contributed by atoms with Crippen molar-refractivity contribution in [3.63, 3.8) is 0 Å². The summed E-state index contributed by atoms with van der Waals surface area (Å²) in [5.41, 5.74) is 9.66. The number of anilines is 1. The number of aromatic nitrogens is 1. The molecule has 2 heterocycles. The number of benzene rings is 3. The van der Waals surface area contributed by atoms with Crippen LogP contribution >= 0.6 is 0 Å². The third-order valence-electron chi connectivity index (χ3n) is 6.59. The minimum absolute atomic E-state index is 0.186. The Hall–Kier alpha value is -4.45. The van der Waals surface area contributed by atoms with E-state index in [0.717, 1.165) is 39.5 Å². The van der Waals surface area contributed by atoms with Gasteiger partial charge < -0.3 is 25.7 Å². The Bertz CT molecular complexity index is 1430. The van der Waals surface area contributed by atoms with E-state index in [9.17, 15) is 4.79 Å². The van der Waals surface area contributed by atoms with Gasteiger partial charge in [-0.05, 0) is 85.0 Å². The van der Waals surface area contributed by atoms with Crippen molar-refractivity contribution >= 4 is 11.6 Å². The van der Waals surface area contributed by atoms with Crippen LogP contribution in [0.3, 0.4) is 0 Å². The smallest absolute Gasteiger partial charge is 0.273 e. The summed E-state index contributed by atoms with van der Waals surface area (Å²) in [4.78, 5) is 16.4. The van der Waals surface area contributed by atoms with Crippen LogP contribution in [0.4, 0.5) is 5.69 Å². The van der Waals surface area contributed by atoms with Crippen LogP contribution < -0.4 is 20.7 Å². The maximum atomic E-state index is 13.2. The molecular weight excluding hydrogens is 448 g/mol. The Kier molecular flexibility index (Phi) is 6.25. The lowest BCUT2D eigenvalue weighted by molar-refractivity contribution is -0.113. The van der Waals surface area contributed by atoms with Crippen molar-refractivity contribution in [3.05, 3.63) is 107 Å². The summed E-state index contributed by atoms with van der Waals surface area (Å²) in [5, 5.41) is 9.83. The number of nitrogens with one attached hydrogen (secondary N) is 4. The highest BCUT2D eigenvalue weighted by atomic mass is 16.5. The predicted octanol–water partition coefficient (Wildman–Crippen LogP) is 6.04. The number of H-pyrrole nitrogens is 1. The maximum Gasteiger partial charge on any atom is 0.273 e. The molecule has 0 spiro atoms. The summed E-state index contributed by atoms with van der Waals surface area (Å²) in [6.07, 6.45) is 1.65. The van der Waals surface area contributed by atoms with Gasteiger partial charge in [0.05, 0.1) is 7.11 Å². The first-order valence-electron chi connectivity index (χ1n) is 12.0. The predicted molar refractivity (Wildman–Crippen MR) is 144 cm³/mol. The van der Waals surface area contributed by atoms with Gasteiger partial charge in [0.2, 0.25) is 0 Å². The largest absolute Gasteiger partial charge is 0.496 e. The molecule has 4 aromatic rings. The number of amides is 1. The van der Waals surface area contributed by atoms with Gasteiger partial charge in [0.1, 0.15) is 17.6 Å². The molecule has 3 aromatic carbocycles. The Morgan fingerprint density at radius 2 is 1.67 bits per heavy atom. The Morgan fingerprint density at radius 3 is 2.39 bits per heavy atom. The summed E-state index contributed by atoms with van der Waals surface area (Å²) >= 11 is 0. The molecular formula is C30H30N4O2. The number of aryl methyl sites for hydroxylation is 2.